The molecule has 0 saturated carbocycles. The number of nitrogens with two attached hydrogens (primary N) is 2. The Morgan fingerprint density at radius 2 is 1.95 bits per heavy atom. The van der Waals surface area contributed by atoms with Gasteiger partial charge in [-0.05, 0) is 39.0 Å². The summed E-state index contributed by atoms with van der Waals surface area (Å²) in [5.74, 6) is 1.64. The molecule has 0 amide bonds. The van der Waals surface area contributed by atoms with Crippen LogP contribution in [-0.4, -0.2) is 8.42 Å². The van der Waals surface area contributed by atoms with Crippen molar-refractivity contribution in [2.75, 3.05) is 11.1 Å². The quantitative estimate of drug-likeness (QED) is 0.750. The van der Waals surface area contributed by atoms with E-state index in [0.717, 1.165) is 17.1 Å². The van der Waals surface area contributed by atoms with E-state index in [2.05, 4.69) is 5.32 Å². The fraction of sp³-hybridized carbons (Fsp3) is 0.286. The van der Waals surface area contributed by atoms with Crippen LogP contribution < -0.4 is 16.2 Å². The van der Waals surface area contributed by atoms with E-state index in [4.69, 9.17) is 15.3 Å². The summed E-state index contributed by atoms with van der Waals surface area (Å²) in [5.41, 5.74) is 7.52. The molecule has 0 fully saturated rings. The fourth-order valence-electron chi connectivity index (χ4n) is 2.31. The van der Waals surface area contributed by atoms with Crippen LogP contribution in [0.5, 0.6) is 0 Å². The maximum Gasteiger partial charge on any atom is 0.240 e. The molecule has 21 heavy (non-hydrogen) atoms. The first-order chi connectivity index (χ1) is 9.70. The van der Waals surface area contributed by atoms with Crippen LogP contribution >= 0.6 is 0 Å². The largest absolute Gasteiger partial charge is 0.466 e. The molecule has 2 aromatic rings. The number of hydrogen-bond acceptors (Lipinski definition) is 5. The van der Waals surface area contributed by atoms with E-state index < -0.39 is 10.0 Å². The molecule has 6 nitrogen and oxygen atoms in total. The first-order valence-electron chi connectivity index (χ1n) is 6.45. The molecule has 5 N–H and O–H groups in total. The number of para-hydroxylation sites is 1. The summed E-state index contributed by atoms with van der Waals surface area (Å²) >= 11 is 0. The van der Waals surface area contributed by atoms with Crippen LogP contribution in [-0.2, 0) is 10.0 Å². The van der Waals surface area contributed by atoms with Crippen molar-refractivity contribution in [3.8, 4) is 0 Å². The smallest absolute Gasteiger partial charge is 0.240 e. The van der Waals surface area contributed by atoms with Crippen molar-refractivity contribution >= 4 is 21.4 Å². The Morgan fingerprint density at radius 3 is 2.48 bits per heavy atom. The first-order valence-corrected chi connectivity index (χ1v) is 7.99. The Balaban J connectivity index is 2.34. The summed E-state index contributed by atoms with van der Waals surface area (Å²) in [7, 11) is -3.84. The second-order valence-corrected chi connectivity index (χ2v) is 6.53. The Morgan fingerprint density at radius 1 is 1.29 bits per heavy atom. The molecule has 0 aliphatic rings. The lowest BCUT2D eigenvalue weighted by molar-refractivity contribution is 0.500. The van der Waals surface area contributed by atoms with Crippen LogP contribution in [0.4, 0.5) is 11.4 Å². The van der Waals surface area contributed by atoms with E-state index >= 15 is 0 Å². The van der Waals surface area contributed by atoms with Crippen LogP contribution in [0.25, 0.3) is 0 Å². The van der Waals surface area contributed by atoms with E-state index in [9.17, 15) is 8.42 Å². The van der Waals surface area contributed by atoms with Gasteiger partial charge in [-0.25, -0.2) is 13.6 Å². The maximum atomic E-state index is 11.5. The monoisotopic (exact) mass is 309 g/mol. The number of sulfonamides is 1. The Labute approximate surface area is 124 Å². The lowest BCUT2D eigenvalue weighted by Gasteiger charge is -2.17. The number of benzene rings is 1. The molecule has 1 aromatic carbocycles. The van der Waals surface area contributed by atoms with Crippen molar-refractivity contribution in [2.45, 2.75) is 31.7 Å². The minimum absolute atomic E-state index is 0.0829. The second kappa shape index (κ2) is 5.42. The fourth-order valence-corrected chi connectivity index (χ4v) is 2.99. The number of anilines is 2. The van der Waals surface area contributed by atoms with E-state index in [-0.39, 0.29) is 16.6 Å². The number of nitrogen functional groups attached to an aromatic ring is 1. The van der Waals surface area contributed by atoms with Crippen molar-refractivity contribution < 1.29 is 12.8 Å². The molecular formula is C14H19N3O3S. The third-order valence-electron chi connectivity index (χ3n) is 3.29. The zero-order valence-electron chi connectivity index (χ0n) is 12.2. The van der Waals surface area contributed by atoms with Gasteiger partial charge >= 0.3 is 0 Å². The highest BCUT2D eigenvalue weighted by molar-refractivity contribution is 7.89. The van der Waals surface area contributed by atoms with Gasteiger partial charge in [0.25, 0.3) is 0 Å². The lowest BCUT2D eigenvalue weighted by atomic mass is 10.1. The Kier molecular flexibility index (Phi) is 3.97. The maximum absolute atomic E-state index is 11.5. The van der Waals surface area contributed by atoms with Gasteiger partial charge < -0.3 is 15.5 Å². The van der Waals surface area contributed by atoms with Crippen LogP contribution in [0.1, 0.15) is 30.0 Å². The predicted octanol–water partition coefficient (Wildman–Crippen LogP) is 2.30. The van der Waals surface area contributed by atoms with Gasteiger partial charge in [-0.15, -0.1) is 0 Å². The van der Waals surface area contributed by atoms with Gasteiger partial charge in [-0.3, -0.25) is 0 Å². The van der Waals surface area contributed by atoms with Crippen molar-refractivity contribution in [3.05, 3.63) is 41.3 Å². The predicted molar refractivity (Wildman–Crippen MR) is 82.4 cm³/mol. The number of furan rings is 1. The molecule has 1 heterocycles. The standard InChI is InChI=1S/C14H19N3O3S/c1-8-7-11(10(3)20-8)9(2)17-12-5-4-6-13(14(12)15)21(16,18)19/h4-7,9,17H,15H2,1-3H3,(H2,16,18,19). The number of nitrogens with one attached hydrogen (secondary N) is 1. The van der Waals surface area contributed by atoms with Crippen LogP contribution in [0, 0.1) is 13.8 Å². The van der Waals surface area contributed by atoms with E-state index in [1.54, 1.807) is 12.1 Å². The van der Waals surface area contributed by atoms with Crippen LogP contribution in [0.15, 0.2) is 33.6 Å². The summed E-state index contributed by atoms with van der Waals surface area (Å²) < 4.78 is 28.4. The number of primary sulfonamides is 1. The highest BCUT2D eigenvalue weighted by atomic mass is 32.2. The molecule has 2 rings (SSSR count). The summed E-state index contributed by atoms with van der Waals surface area (Å²) in [5, 5.41) is 8.33. The van der Waals surface area contributed by atoms with Gasteiger partial charge in [0.2, 0.25) is 10.0 Å². The molecule has 0 radical (unpaired) electrons. The molecule has 114 valence electrons. The van der Waals surface area contributed by atoms with Crippen molar-refractivity contribution in [2.24, 2.45) is 5.14 Å². The van der Waals surface area contributed by atoms with Crippen molar-refractivity contribution in [3.63, 3.8) is 0 Å². The Bertz CT molecular complexity index is 766. The van der Waals surface area contributed by atoms with Crippen molar-refractivity contribution in [1.29, 1.82) is 0 Å². The summed E-state index contributed by atoms with van der Waals surface area (Å²) in [6.07, 6.45) is 0. The molecule has 0 spiro atoms. The third-order valence-corrected chi connectivity index (χ3v) is 4.26. The second-order valence-electron chi connectivity index (χ2n) is 5.00. The summed E-state index contributed by atoms with van der Waals surface area (Å²) in [4.78, 5) is -0.0835. The molecule has 1 atom stereocenters. The number of rotatable bonds is 4. The van der Waals surface area contributed by atoms with Gasteiger partial charge in [0.05, 0.1) is 17.4 Å². The first kappa shape index (κ1) is 15.4. The average molecular weight is 309 g/mol. The van der Waals surface area contributed by atoms with E-state index in [0.29, 0.717) is 5.69 Å². The van der Waals surface area contributed by atoms with Gasteiger partial charge in [0.15, 0.2) is 0 Å². The topological polar surface area (TPSA) is 111 Å². The number of hydrogen-bond donors (Lipinski definition) is 3. The molecule has 0 bridgehead atoms. The highest BCUT2D eigenvalue weighted by Gasteiger charge is 2.17. The van der Waals surface area contributed by atoms with Gasteiger partial charge in [0.1, 0.15) is 16.4 Å². The SMILES string of the molecule is Cc1cc(C(C)Nc2cccc(S(N)(=O)=O)c2N)c(C)o1. The molecule has 1 aromatic heterocycles. The van der Waals surface area contributed by atoms with Crippen LogP contribution in [0.2, 0.25) is 0 Å². The van der Waals surface area contributed by atoms with Crippen LogP contribution in [0.3, 0.4) is 0 Å². The molecule has 1 unspecified atom stereocenters. The summed E-state index contributed by atoms with van der Waals surface area (Å²) in [6.45, 7) is 5.70. The minimum Gasteiger partial charge on any atom is -0.466 e. The molecular weight excluding hydrogens is 290 g/mol. The zero-order valence-corrected chi connectivity index (χ0v) is 13.0. The zero-order chi connectivity index (χ0) is 15.8. The van der Waals surface area contributed by atoms with E-state index in [1.165, 1.54) is 6.07 Å². The number of aryl methyl sites for hydroxylation is 2. The van der Waals surface area contributed by atoms with E-state index in [1.807, 2.05) is 26.8 Å². The molecule has 0 aliphatic heterocycles. The molecule has 0 saturated heterocycles. The lowest BCUT2D eigenvalue weighted by Crippen LogP contribution is -2.16. The minimum atomic E-state index is -3.84. The molecule has 7 heteroatoms. The normalized spacial score (nSPS) is 13.1. The average Bonchev–Trinajstić information content (AvgIpc) is 2.69. The Hall–Kier alpha value is -1.99. The van der Waals surface area contributed by atoms with Crippen molar-refractivity contribution in [1.82, 2.24) is 0 Å². The van der Waals surface area contributed by atoms with Gasteiger partial charge in [-0.1, -0.05) is 6.07 Å². The highest BCUT2D eigenvalue weighted by Crippen LogP contribution is 2.30. The molecule has 0 aliphatic carbocycles. The van der Waals surface area contributed by atoms with Gasteiger partial charge in [0, 0.05) is 5.56 Å². The summed E-state index contributed by atoms with van der Waals surface area (Å²) in [6, 6.07) is 6.54. The van der Waals surface area contributed by atoms with Gasteiger partial charge in [-0.2, -0.15) is 0 Å². The third kappa shape index (κ3) is 3.20.